The number of amides is 1. The van der Waals surface area contributed by atoms with Gasteiger partial charge in [0.15, 0.2) is 0 Å². The lowest BCUT2D eigenvalue weighted by Crippen LogP contribution is -2.49. The number of nitriles is 1. The molecule has 2 N–H and O–H groups in total. The summed E-state index contributed by atoms with van der Waals surface area (Å²) in [7, 11) is 3.82. The fraction of sp³-hybridized carbons (Fsp3) is 0.500. The molecular formula is C32H38ClN5O2. The van der Waals surface area contributed by atoms with Crippen LogP contribution in [0.25, 0.3) is 10.9 Å². The van der Waals surface area contributed by atoms with E-state index < -0.39 is 0 Å². The van der Waals surface area contributed by atoms with Gasteiger partial charge in [-0.15, -0.1) is 0 Å². The van der Waals surface area contributed by atoms with Crippen molar-refractivity contribution in [1.82, 2.24) is 20.1 Å². The molecule has 2 aliphatic heterocycles. The quantitative estimate of drug-likeness (QED) is 0.389. The van der Waals surface area contributed by atoms with Crippen molar-refractivity contribution in [2.45, 2.75) is 45.2 Å². The first-order valence-electron chi connectivity index (χ1n) is 14.3. The first-order chi connectivity index (χ1) is 19.3. The summed E-state index contributed by atoms with van der Waals surface area (Å²) in [6.45, 7) is 6.51. The standard InChI is InChI=1S/C32H38ClN5O2/c1-20-10-28(40-3)25(29-26(33)16-35-30(20)29)19-38-9-8-32(11-21(12-32)14-34)13-27(38)23-4-6-24(7-5-23)31(39)36-15-22-17-37(2)18-22/h4-7,10,16,21-22,27,35H,8-9,11-13,15,17-19H2,1-3H3,(H,36,39)/t21?,27-,32?/m0/s1. The Bertz CT molecular complexity index is 1450. The molecule has 3 aliphatic rings. The first kappa shape index (κ1) is 27.1. The van der Waals surface area contributed by atoms with Crippen molar-refractivity contribution in [3.05, 3.63) is 63.8 Å². The van der Waals surface area contributed by atoms with Gasteiger partial charge in [0, 0.05) is 66.8 Å². The van der Waals surface area contributed by atoms with Crippen LogP contribution in [0.3, 0.4) is 0 Å². The lowest BCUT2D eigenvalue weighted by Gasteiger charge is -2.53. The monoisotopic (exact) mass is 559 g/mol. The van der Waals surface area contributed by atoms with Crippen LogP contribution >= 0.6 is 11.6 Å². The highest BCUT2D eigenvalue weighted by molar-refractivity contribution is 6.36. The summed E-state index contributed by atoms with van der Waals surface area (Å²) in [6.07, 6.45) is 5.90. The summed E-state index contributed by atoms with van der Waals surface area (Å²) in [4.78, 5) is 21.0. The predicted molar refractivity (Wildman–Crippen MR) is 158 cm³/mol. The highest BCUT2D eigenvalue weighted by Crippen LogP contribution is 2.57. The van der Waals surface area contributed by atoms with Crippen LogP contribution in [0.15, 0.2) is 36.5 Å². The third-order valence-corrected chi connectivity index (χ3v) is 9.84. The van der Waals surface area contributed by atoms with Gasteiger partial charge in [-0.25, -0.2) is 0 Å². The van der Waals surface area contributed by atoms with Gasteiger partial charge in [0.2, 0.25) is 0 Å². The van der Waals surface area contributed by atoms with Crippen molar-refractivity contribution in [2.24, 2.45) is 17.3 Å². The minimum Gasteiger partial charge on any atom is -0.496 e. The Morgan fingerprint density at radius 3 is 2.67 bits per heavy atom. The van der Waals surface area contributed by atoms with Crippen molar-refractivity contribution in [3.63, 3.8) is 0 Å². The maximum Gasteiger partial charge on any atom is 0.251 e. The molecule has 2 aromatic carbocycles. The van der Waals surface area contributed by atoms with Crippen LogP contribution in [0, 0.1) is 35.5 Å². The number of aromatic amines is 1. The number of aryl methyl sites for hydroxylation is 1. The highest BCUT2D eigenvalue weighted by Gasteiger charge is 2.49. The average molecular weight is 560 g/mol. The van der Waals surface area contributed by atoms with Crippen LogP contribution in [0.4, 0.5) is 0 Å². The predicted octanol–water partition coefficient (Wildman–Crippen LogP) is 5.69. The molecule has 210 valence electrons. The fourth-order valence-electron chi connectivity index (χ4n) is 7.32. The van der Waals surface area contributed by atoms with Gasteiger partial charge in [-0.1, -0.05) is 23.7 Å². The molecule has 1 amide bonds. The number of piperidine rings is 1. The van der Waals surface area contributed by atoms with Gasteiger partial charge in [-0.2, -0.15) is 5.26 Å². The average Bonchev–Trinajstić information content (AvgIpc) is 3.32. The molecule has 1 spiro atoms. The zero-order valence-electron chi connectivity index (χ0n) is 23.6. The number of H-pyrrole nitrogens is 1. The summed E-state index contributed by atoms with van der Waals surface area (Å²) in [6, 6.07) is 12.9. The fourth-order valence-corrected chi connectivity index (χ4v) is 7.59. The Balaban J connectivity index is 1.26. The van der Waals surface area contributed by atoms with Gasteiger partial charge in [0.1, 0.15) is 5.75 Å². The van der Waals surface area contributed by atoms with Crippen LogP contribution in [0.2, 0.25) is 5.02 Å². The molecule has 8 heteroatoms. The number of nitrogens with one attached hydrogen (secondary N) is 2. The van der Waals surface area contributed by atoms with Gasteiger partial charge in [-0.3, -0.25) is 9.69 Å². The van der Waals surface area contributed by atoms with E-state index >= 15 is 0 Å². The van der Waals surface area contributed by atoms with E-state index in [1.54, 1.807) is 7.11 Å². The second-order valence-corrected chi connectivity index (χ2v) is 12.8. The van der Waals surface area contributed by atoms with E-state index in [9.17, 15) is 10.1 Å². The number of rotatable bonds is 7. The molecule has 3 fully saturated rings. The maximum atomic E-state index is 12.8. The molecule has 1 aromatic heterocycles. The Kier molecular flexibility index (Phi) is 7.28. The van der Waals surface area contributed by atoms with E-state index in [1.165, 1.54) is 5.56 Å². The van der Waals surface area contributed by atoms with Crippen LogP contribution in [0.5, 0.6) is 5.75 Å². The molecule has 3 heterocycles. The van der Waals surface area contributed by atoms with E-state index in [0.717, 1.165) is 79.6 Å². The van der Waals surface area contributed by atoms with Crippen molar-refractivity contribution >= 4 is 28.4 Å². The van der Waals surface area contributed by atoms with Gasteiger partial charge >= 0.3 is 0 Å². The van der Waals surface area contributed by atoms with Crippen molar-refractivity contribution < 1.29 is 9.53 Å². The van der Waals surface area contributed by atoms with Gasteiger partial charge in [0.25, 0.3) is 5.91 Å². The number of methoxy groups -OCH3 is 1. The van der Waals surface area contributed by atoms with Crippen LogP contribution < -0.4 is 10.1 Å². The minimum absolute atomic E-state index is 0.0113. The number of carbonyl (C=O) groups is 1. The van der Waals surface area contributed by atoms with Crippen LogP contribution in [-0.4, -0.2) is 61.0 Å². The number of ether oxygens (including phenoxy) is 1. The molecule has 6 rings (SSSR count). The summed E-state index contributed by atoms with van der Waals surface area (Å²) in [5, 5.41) is 14.3. The zero-order chi connectivity index (χ0) is 28.0. The number of hydrogen-bond donors (Lipinski definition) is 2. The molecule has 40 heavy (non-hydrogen) atoms. The second kappa shape index (κ2) is 10.7. The second-order valence-electron chi connectivity index (χ2n) is 12.4. The molecule has 1 saturated carbocycles. The summed E-state index contributed by atoms with van der Waals surface area (Å²) in [5.74, 6) is 1.55. The van der Waals surface area contributed by atoms with E-state index in [2.05, 4.69) is 58.3 Å². The number of nitrogens with zero attached hydrogens (tertiary/aromatic N) is 3. The van der Waals surface area contributed by atoms with E-state index in [0.29, 0.717) is 23.0 Å². The third kappa shape index (κ3) is 4.98. The summed E-state index contributed by atoms with van der Waals surface area (Å²) < 4.78 is 5.86. The van der Waals surface area contributed by atoms with E-state index in [-0.39, 0.29) is 23.3 Å². The number of benzene rings is 2. The largest absolute Gasteiger partial charge is 0.496 e. The number of fused-ring (bicyclic) bond motifs is 1. The Morgan fingerprint density at radius 2 is 2.00 bits per heavy atom. The highest BCUT2D eigenvalue weighted by atomic mass is 35.5. The zero-order valence-corrected chi connectivity index (χ0v) is 24.4. The van der Waals surface area contributed by atoms with E-state index in [4.69, 9.17) is 16.3 Å². The number of hydrogen-bond acceptors (Lipinski definition) is 5. The molecule has 1 aliphatic carbocycles. The molecule has 1 atom stereocenters. The molecule has 0 bridgehead atoms. The molecule has 7 nitrogen and oxygen atoms in total. The maximum absolute atomic E-state index is 12.8. The Morgan fingerprint density at radius 1 is 1.25 bits per heavy atom. The van der Waals surface area contributed by atoms with Crippen molar-refractivity contribution in [3.8, 4) is 11.8 Å². The van der Waals surface area contributed by atoms with Gasteiger partial charge in [0.05, 0.1) is 23.7 Å². The minimum atomic E-state index is -0.0113. The van der Waals surface area contributed by atoms with E-state index in [1.807, 2.05) is 18.3 Å². The topological polar surface area (TPSA) is 84.4 Å². The smallest absolute Gasteiger partial charge is 0.251 e. The van der Waals surface area contributed by atoms with Gasteiger partial charge in [-0.05, 0) is 80.9 Å². The Labute approximate surface area is 241 Å². The van der Waals surface area contributed by atoms with Gasteiger partial charge < -0.3 is 19.9 Å². The normalized spacial score (nSPS) is 25.4. The molecule has 2 saturated heterocycles. The molecule has 0 radical (unpaired) electrons. The number of likely N-dealkylation sites (tertiary alicyclic amines) is 2. The number of aromatic nitrogens is 1. The lowest BCUT2D eigenvalue weighted by molar-refractivity contribution is -0.0298. The van der Waals surface area contributed by atoms with Crippen LogP contribution in [0.1, 0.15) is 58.8 Å². The molecular weight excluding hydrogens is 522 g/mol. The Hall–Kier alpha value is -3.05. The van der Waals surface area contributed by atoms with Crippen LogP contribution in [-0.2, 0) is 6.54 Å². The number of carbonyl (C=O) groups excluding carboxylic acids is 1. The SMILES string of the molecule is COc1cc(C)c2[nH]cc(Cl)c2c1CN1CCC2(CC(C#N)C2)C[C@H]1c1ccc(C(=O)NCC2CN(C)C2)cc1. The summed E-state index contributed by atoms with van der Waals surface area (Å²) >= 11 is 6.69. The molecule has 3 aromatic rings. The van der Waals surface area contributed by atoms with Crippen molar-refractivity contribution in [1.29, 1.82) is 5.26 Å². The third-order valence-electron chi connectivity index (χ3n) is 9.54. The lowest BCUT2D eigenvalue weighted by atomic mass is 9.56. The molecule has 0 unspecified atom stereocenters. The van der Waals surface area contributed by atoms with Crippen molar-refractivity contribution in [2.75, 3.05) is 40.3 Å². The number of halogens is 1. The summed E-state index contributed by atoms with van der Waals surface area (Å²) in [5.41, 5.74) is 5.36. The first-order valence-corrected chi connectivity index (χ1v) is 14.7.